The first kappa shape index (κ1) is 23.2. The average Bonchev–Trinajstić information content (AvgIpc) is 2.87. The van der Waals surface area contributed by atoms with Crippen LogP contribution in [0.5, 0.6) is 0 Å². The number of nitrogens with one attached hydrogen (secondary N) is 1. The molecule has 170 valence electrons. The van der Waals surface area contributed by atoms with Gasteiger partial charge < -0.3 is 11.1 Å². The lowest BCUT2D eigenvalue weighted by atomic mass is 9.68. The van der Waals surface area contributed by atoms with Crippen LogP contribution in [0, 0.1) is 0 Å². The van der Waals surface area contributed by atoms with Crippen LogP contribution in [-0.2, 0) is 21.4 Å². The quantitative estimate of drug-likeness (QED) is 0.298. The topological polar surface area (TPSA) is 85.1 Å². The highest BCUT2D eigenvalue weighted by Crippen LogP contribution is 2.39. The number of hydrogen-bond acceptors (Lipinski definition) is 3. The molecule has 0 aliphatic carbocycles. The van der Waals surface area contributed by atoms with Crippen molar-refractivity contribution in [3.63, 3.8) is 0 Å². The van der Waals surface area contributed by atoms with Crippen molar-refractivity contribution in [2.75, 3.05) is 0 Å². The molecule has 6 heteroatoms. The Morgan fingerprint density at radius 1 is 0.794 bits per heavy atom. The van der Waals surface area contributed by atoms with Crippen LogP contribution >= 0.6 is 11.6 Å². The molecule has 0 saturated heterocycles. The Hall–Kier alpha value is -3.96. The van der Waals surface area contributed by atoms with Crippen molar-refractivity contribution in [1.29, 1.82) is 0 Å². The Morgan fingerprint density at radius 2 is 1.26 bits per heavy atom. The Balaban J connectivity index is 1.83. The van der Waals surface area contributed by atoms with E-state index in [2.05, 4.69) is 10.3 Å². The largest absolute Gasteiger partial charge is 0.368 e. The first-order valence-electron chi connectivity index (χ1n) is 10.9. The van der Waals surface area contributed by atoms with Gasteiger partial charge in [0.25, 0.3) is 0 Å². The van der Waals surface area contributed by atoms with Crippen molar-refractivity contribution in [2.45, 2.75) is 17.9 Å². The maximum atomic E-state index is 14.3. The summed E-state index contributed by atoms with van der Waals surface area (Å²) >= 11 is 5.89. The number of primary amides is 1. The highest BCUT2D eigenvalue weighted by atomic mass is 35.5. The van der Waals surface area contributed by atoms with Gasteiger partial charge in [0.05, 0.1) is 0 Å². The van der Waals surface area contributed by atoms with Gasteiger partial charge in [-0.05, 0) is 28.3 Å². The van der Waals surface area contributed by atoms with E-state index in [0.29, 0.717) is 5.15 Å². The fourth-order valence-electron chi connectivity index (χ4n) is 4.21. The third-order valence-corrected chi connectivity index (χ3v) is 6.06. The molecule has 1 heterocycles. The van der Waals surface area contributed by atoms with Crippen LogP contribution in [0.3, 0.4) is 0 Å². The van der Waals surface area contributed by atoms with Gasteiger partial charge in [-0.15, -0.1) is 0 Å². The number of carbonyl (C=O) groups excluding carboxylic acids is 2. The smallest absolute Gasteiger partial charge is 0.240 e. The van der Waals surface area contributed by atoms with Gasteiger partial charge in [-0.3, -0.25) is 9.59 Å². The van der Waals surface area contributed by atoms with E-state index in [-0.39, 0.29) is 12.3 Å². The number of benzene rings is 3. The number of carbonyl (C=O) groups is 2. The fourth-order valence-corrected chi connectivity index (χ4v) is 4.32. The first-order valence-corrected chi connectivity index (χ1v) is 11.3. The lowest BCUT2D eigenvalue weighted by molar-refractivity contribution is -0.129. The van der Waals surface area contributed by atoms with Gasteiger partial charge in [-0.25, -0.2) is 4.98 Å². The van der Waals surface area contributed by atoms with Crippen molar-refractivity contribution < 1.29 is 9.59 Å². The molecular weight excluding hydrogens is 446 g/mol. The molecule has 0 saturated carbocycles. The number of aromatic nitrogens is 1. The molecule has 0 radical (unpaired) electrons. The second-order valence-corrected chi connectivity index (χ2v) is 8.36. The van der Waals surface area contributed by atoms with Crippen molar-refractivity contribution in [3.8, 4) is 0 Å². The molecule has 0 fully saturated rings. The Bertz CT molecular complexity index is 1150. The van der Waals surface area contributed by atoms with Crippen molar-refractivity contribution in [1.82, 2.24) is 10.3 Å². The SMILES string of the molecule is NC(=O)[C@@H](Cc1ccc(Cl)nc1)NC(=O)C(c1ccccc1)(c1ccccc1)c1ccccc1. The van der Waals surface area contributed by atoms with Crippen molar-refractivity contribution in [2.24, 2.45) is 5.73 Å². The van der Waals surface area contributed by atoms with Crippen molar-refractivity contribution in [3.05, 3.63) is 137 Å². The molecule has 0 aliphatic rings. The van der Waals surface area contributed by atoms with Crippen LogP contribution in [0.15, 0.2) is 109 Å². The molecule has 3 N–H and O–H groups in total. The number of pyridine rings is 1. The monoisotopic (exact) mass is 469 g/mol. The van der Waals surface area contributed by atoms with E-state index < -0.39 is 17.4 Å². The van der Waals surface area contributed by atoms with E-state index in [1.807, 2.05) is 91.0 Å². The maximum Gasteiger partial charge on any atom is 0.240 e. The highest BCUT2D eigenvalue weighted by molar-refractivity contribution is 6.29. The summed E-state index contributed by atoms with van der Waals surface area (Å²) in [6, 6.07) is 31.1. The summed E-state index contributed by atoms with van der Waals surface area (Å²) in [6.07, 6.45) is 1.77. The van der Waals surface area contributed by atoms with Crippen LogP contribution in [-0.4, -0.2) is 22.8 Å². The van der Waals surface area contributed by atoms with E-state index in [1.165, 1.54) is 0 Å². The van der Waals surface area contributed by atoms with E-state index >= 15 is 0 Å². The van der Waals surface area contributed by atoms with E-state index in [1.54, 1.807) is 18.3 Å². The zero-order valence-electron chi connectivity index (χ0n) is 18.4. The second-order valence-electron chi connectivity index (χ2n) is 7.97. The van der Waals surface area contributed by atoms with Crippen LogP contribution in [0.1, 0.15) is 22.3 Å². The zero-order valence-corrected chi connectivity index (χ0v) is 19.2. The van der Waals surface area contributed by atoms with Gasteiger partial charge in [0, 0.05) is 12.6 Å². The molecule has 0 bridgehead atoms. The number of rotatable bonds is 8. The van der Waals surface area contributed by atoms with Gasteiger partial charge in [0.2, 0.25) is 11.8 Å². The summed E-state index contributed by atoms with van der Waals surface area (Å²) in [6.45, 7) is 0. The summed E-state index contributed by atoms with van der Waals surface area (Å²) < 4.78 is 0. The lowest BCUT2D eigenvalue weighted by Crippen LogP contribution is -2.54. The summed E-state index contributed by atoms with van der Waals surface area (Å²) in [5, 5.41) is 3.29. The van der Waals surface area contributed by atoms with E-state index in [0.717, 1.165) is 22.3 Å². The lowest BCUT2D eigenvalue weighted by Gasteiger charge is -2.35. The summed E-state index contributed by atoms with van der Waals surface area (Å²) in [7, 11) is 0. The Kier molecular flexibility index (Phi) is 7.04. The standard InChI is InChI=1S/C28H24ClN3O2/c29-25-17-16-20(19-31-25)18-24(26(30)33)32-27(34)28(21-10-4-1-5-11-21,22-12-6-2-7-13-22)23-14-8-3-9-15-23/h1-17,19,24H,18H2,(H2,30,33)(H,32,34)/t24-/m1/s1. The normalized spacial score (nSPS) is 12.0. The number of nitrogens with two attached hydrogens (primary N) is 1. The number of nitrogens with zero attached hydrogens (tertiary/aromatic N) is 1. The summed E-state index contributed by atoms with van der Waals surface area (Å²) in [5.41, 5.74) is 7.59. The van der Waals surface area contributed by atoms with Crippen LogP contribution in [0.4, 0.5) is 0 Å². The zero-order chi connectivity index (χ0) is 24.0. The molecule has 2 amide bonds. The molecule has 4 aromatic rings. The minimum Gasteiger partial charge on any atom is -0.368 e. The van der Waals surface area contributed by atoms with Gasteiger partial charge in [0.1, 0.15) is 16.6 Å². The average molecular weight is 470 g/mol. The molecule has 0 aliphatic heterocycles. The molecule has 1 atom stereocenters. The summed E-state index contributed by atoms with van der Waals surface area (Å²) in [4.78, 5) is 30.7. The molecule has 34 heavy (non-hydrogen) atoms. The maximum absolute atomic E-state index is 14.3. The van der Waals surface area contributed by atoms with Crippen molar-refractivity contribution >= 4 is 23.4 Å². The predicted octanol–water partition coefficient (Wildman–Crippen LogP) is 4.28. The minimum absolute atomic E-state index is 0.194. The van der Waals surface area contributed by atoms with E-state index in [4.69, 9.17) is 17.3 Å². The third kappa shape index (κ3) is 4.70. The second kappa shape index (κ2) is 10.3. The number of hydrogen-bond donors (Lipinski definition) is 2. The third-order valence-electron chi connectivity index (χ3n) is 5.84. The fraction of sp³-hybridized carbons (Fsp3) is 0.107. The highest BCUT2D eigenvalue weighted by Gasteiger charge is 2.44. The predicted molar refractivity (Wildman–Crippen MR) is 133 cm³/mol. The van der Waals surface area contributed by atoms with Crippen LogP contribution in [0.25, 0.3) is 0 Å². The minimum atomic E-state index is -1.20. The van der Waals surface area contributed by atoms with Gasteiger partial charge in [-0.1, -0.05) is 109 Å². The molecule has 1 aromatic heterocycles. The molecule has 4 rings (SSSR count). The molecule has 3 aromatic carbocycles. The Morgan fingerprint density at radius 3 is 1.65 bits per heavy atom. The van der Waals surface area contributed by atoms with Gasteiger partial charge in [-0.2, -0.15) is 0 Å². The number of halogens is 1. The molecule has 0 spiro atoms. The van der Waals surface area contributed by atoms with E-state index in [9.17, 15) is 9.59 Å². The molecule has 0 unspecified atom stereocenters. The van der Waals surface area contributed by atoms with Crippen LogP contribution < -0.4 is 11.1 Å². The van der Waals surface area contributed by atoms with Gasteiger partial charge in [0.15, 0.2) is 0 Å². The molecular formula is C28H24ClN3O2. The van der Waals surface area contributed by atoms with Gasteiger partial charge >= 0.3 is 0 Å². The Labute approximate surface area is 203 Å². The number of amides is 2. The van der Waals surface area contributed by atoms with Crippen LogP contribution in [0.2, 0.25) is 5.15 Å². The first-order chi connectivity index (χ1) is 16.5. The molecule has 5 nitrogen and oxygen atoms in total. The summed E-state index contributed by atoms with van der Waals surface area (Å²) in [5.74, 6) is -0.979.